The standard InChI is InChI=1S/C15H17N3O3S/c1-10-9-22-14(16-10)8-18(2)15(19)17-11-3-4-12-13(7-11)21-6-5-20-12/h3-4,7,9H,5-6,8H2,1-2H3,(H,17,19). The number of urea groups is 1. The van der Waals surface area contributed by atoms with Gasteiger partial charge in [0.15, 0.2) is 11.5 Å². The number of aromatic nitrogens is 1. The first kappa shape index (κ1) is 14.6. The van der Waals surface area contributed by atoms with E-state index in [1.54, 1.807) is 41.5 Å². The molecule has 0 saturated heterocycles. The summed E-state index contributed by atoms with van der Waals surface area (Å²) in [6.07, 6.45) is 0. The molecule has 1 aromatic heterocycles. The molecule has 1 N–H and O–H groups in total. The van der Waals surface area contributed by atoms with Crippen LogP contribution in [0.5, 0.6) is 11.5 Å². The van der Waals surface area contributed by atoms with E-state index >= 15 is 0 Å². The first-order valence-electron chi connectivity index (χ1n) is 6.94. The Labute approximate surface area is 132 Å². The Balaban J connectivity index is 1.63. The third-order valence-corrected chi connectivity index (χ3v) is 4.13. The Kier molecular flexibility index (Phi) is 4.15. The minimum absolute atomic E-state index is 0.190. The van der Waals surface area contributed by atoms with Gasteiger partial charge >= 0.3 is 6.03 Å². The minimum Gasteiger partial charge on any atom is -0.486 e. The summed E-state index contributed by atoms with van der Waals surface area (Å²) in [6, 6.07) is 5.18. The molecule has 0 aliphatic carbocycles. The van der Waals surface area contributed by atoms with Crippen LogP contribution in [0.1, 0.15) is 10.7 Å². The number of ether oxygens (including phenoxy) is 2. The molecule has 0 atom stereocenters. The molecule has 0 radical (unpaired) electrons. The molecule has 0 fully saturated rings. The van der Waals surface area contributed by atoms with E-state index in [0.29, 0.717) is 36.9 Å². The van der Waals surface area contributed by atoms with Gasteiger partial charge in [0.2, 0.25) is 0 Å². The smallest absolute Gasteiger partial charge is 0.321 e. The molecule has 1 aliphatic rings. The predicted molar refractivity (Wildman–Crippen MR) is 84.8 cm³/mol. The topological polar surface area (TPSA) is 63.7 Å². The molecule has 6 nitrogen and oxygen atoms in total. The number of rotatable bonds is 3. The van der Waals surface area contributed by atoms with Crippen LogP contribution in [0, 0.1) is 6.92 Å². The van der Waals surface area contributed by atoms with Gasteiger partial charge < -0.3 is 19.7 Å². The summed E-state index contributed by atoms with van der Waals surface area (Å²) < 4.78 is 11.0. The van der Waals surface area contributed by atoms with Gasteiger partial charge in [-0.15, -0.1) is 11.3 Å². The van der Waals surface area contributed by atoms with Gasteiger partial charge in [-0.05, 0) is 19.1 Å². The van der Waals surface area contributed by atoms with Crippen molar-refractivity contribution in [1.82, 2.24) is 9.88 Å². The number of nitrogens with zero attached hydrogens (tertiary/aromatic N) is 2. The number of hydrogen-bond donors (Lipinski definition) is 1. The zero-order valence-electron chi connectivity index (χ0n) is 12.5. The van der Waals surface area contributed by atoms with Crippen molar-refractivity contribution in [2.75, 3.05) is 25.6 Å². The third-order valence-electron chi connectivity index (χ3n) is 3.18. The lowest BCUT2D eigenvalue weighted by molar-refractivity contribution is 0.171. The van der Waals surface area contributed by atoms with Crippen molar-refractivity contribution < 1.29 is 14.3 Å². The number of nitrogens with one attached hydrogen (secondary N) is 1. The molecule has 0 spiro atoms. The predicted octanol–water partition coefficient (Wildman–Crippen LogP) is 2.89. The summed E-state index contributed by atoms with van der Waals surface area (Å²) in [5, 5.41) is 5.74. The van der Waals surface area contributed by atoms with E-state index in [1.165, 1.54) is 0 Å². The van der Waals surface area contributed by atoms with Crippen LogP contribution >= 0.6 is 11.3 Å². The SMILES string of the molecule is Cc1csc(CN(C)C(=O)Nc2ccc3c(c2)OCCO3)n1. The number of carbonyl (C=O) groups excluding carboxylic acids is 1. The monoisotopic (exact) mass is 319 g/mol. The van der Waals surface area contributed by atoms with Crippen LogP contribution in [-0.4, -0.2) is 36.2 Å². The number of aryl methyl sites for hydroxylation is 1. The molecule has 2 aromatic rings. The van der Waals surface area contributed by atoms with Crippen LogP contribution in [0.2, 0.25) is 0 Å². The quantitative estimate of drug-likeness (QED) is 0.945. The lowest BCUT2D eigenvalue weighted by Gasteiger charge is -2.20. The van der Waals surface area contributed by atoms with E-state index in [2.05, 4.69) is 10.3 Å². The van der Waals surface area contributed by atoms with E-state index in [1.807, 2.05) is 12.3 Å². The Morgan fingerprint density at radius 1 is 1.36 bits per heavy atom. The van der Waals surface area contributed by atoms with Gasteiger partial charge in [-0.2, -0.15) is 0 Å². The molecule has 22 heavy (non-hydrogen) atoms. The van der Waals surface area contributed by atoms with E-state index in [4.69, 9.17) is 9.47 Å². The third kappa shape index (κ3) is 3.30. The van der Waals surface area contributed by atoms with Crippen LogP contribution in [0.15, 0.2) is 23.6 Å². The Morgan fingerprint density at radius 2 is 2.14 bits per heavy atom. The summed E-state index contributed by atoms with van der Waals surface area (Å²) in [5.74, 6) is 1.36. The van der Waals surface area contributed by atoms with Gasteiger partial charge in [0.1, 0.15) is 18.2 Å². The van der Waals surface area contributed by atoms with Crippen molar-refractivity contribution in [3.8, 4) is 11.5 Å². The fourth-order valence-corrected chi connectivity index (χ4v) is 2.91. The molecule has 2 heterocycles. The fourth-order valence-electron chi connectivity index (χ4n) is 2.09. The first-order chi connectivity index (χ1) is 10.6. The van der Waals surface area contributed by atoms with Crippen LogP contribution < -0.4 is 14.8 Å². The highest BCUT2D eigenvalue weighted by Gasteiger charge is 2.15. The molecule has 0 saturated carbocycles. The summed E-state index contributed by atoms with van der Waals surface area (Å²) >= 11 is 1.55. The lowest BCUT2D eigenvalue weighted by Crippen LogP contribution is -2.30. The van der Waals surface area contributed by atoms with Gasteiger partial charge in [-0.1, -0.05) is 0 Å². The number of amides is 2. The largest absolute Gasteiger partial charge is 0.486 e. The number of benzene rings is 1. The van der Waals surface area contributed by atoms with Gasteiger partial charge in [-0.3, -0.25) is 0 Å². The normalized spacial score (nSPS) is 12.8. The van der Waals surface area contributed by atoms with E-state index in [-0.39, 0.29) is 6.03 Å². The average Bonchev–Trinajstić information content (AvgIpc) is 2.92. The van der Waals surface area contributed by atoms with Gasteiger partial charge in [-0.25, -0.2) is 9.78 Å². The average molecular weight is 319 g/mol. The Morgan fingerprint density at radius 3 is 2.86 bits per heavy atom. The zero-order chi connectivity index (χ0) is 15.5. The summed E-state index contributed by atoms with van der Waals surface area (Å²) in [7, 11) is 1.74. The highest BCUT2D eigenvalue weighted by atomic mass is 32.1. The lowest BCUT2D eigenvalue weighted by atomic mass is 10.2. The minimum atomic E-state index is -0.190. The van der Waals surface area contributed by atoms with Crippen molar-refractivity contribution in [3.05, 3.63) is 34.3 Å². The zero-order valence-corrected chi connectivity index (χ0v) is 13.3. The van der Waals surface area contributed by atoms with Crippen molar-refractivity contribution in [3.63, 3.8) is 0 Å². The van der Waals surface area contributed by atoms with Crippen molar-refractivity contribution in [2.45, 2.75) is 13.5 Å². The number of fused-ring (bicyclic) bond motifs is 1. The maximum absolute atomic E-state index is 12.2. The molecule has 0 unspecified atom stereocenters. The van der Waals surface area contributed by atoms with Gasteiger partial charge in [0.25, 0.3) is 0 Å². The molecular weight excluding hydrogens is 302 g/mol. The second-order valence-corrected chi connectivity index (χ2v) is 5.97. The van der Waals surface area contributed by atoms with Crippen LogP contribution in [0.4, 0.5) is 10.5 Å². The molecule has 2 amide bonds. The molecule has 116 valence electrons. The Hall–Kier alpha value is -2.28. The van der Waals surface area contributed by atoms with Gasteiger partial charge in [0, 0.05) is 29.9 Å². The van der Waals surface area contributed by atoms with Crippen LogP contribution in [-0.2, 0) is 6.54 Å². The second-order valence-electron chi connectivity index (χ2n) is 5.03. The van der Waals surface area contributed by atoms with Crippen molar-refractivity contribution in [1.29, 1.82) is 0 Å². The number of anilines is 1. The molecule has 1 aromatic carbocycles. The Bertz CT molecular complexity index is 686. The van der Waals surface area contributed by atoms with Crippen molar-refractivity contribution >= 4 is 23.1 Å². The summed E-state index contributed by atoms with van der Waals surface area (Å²) in [5.41, 5.74) is 1.65. The number of carbonyl (C=O) groups is 1. The van der Waals surface area contributed by atoms with E-state index < -0.39 is 0 Å². The number of hydrogen-bond acceptors (Lipinski definition) is 5. The molecule has 0 bridgehead atoms. The highest BCUT2D eigenvalue weighted by Crippen LogP contribution is 2.32. The van der Waals surface area contributed by atoms with Crippen LogP contribution in [0.3, 0.4) is 0 Å². The summed E-state index contributed by atoms with van der Waals surface area (Å²) in [6.45, 7) is 3.49. The molecular formula is C15H17N3O3S. The maximum Gasteiger partial charge on any atom is 0.321 e. The van der Waals surface area contributed by atoms with Crippen LogP contribution in [0.25, 0.3) is 0 Å². The first-order valence-corrected chi connectivity index (χ1v) is 7.82. The molecule has 7 heteroatoms. The fraction of sp³-hybridized carbons (Fsp3) is 0.333. The van der Waals surface area contributed by atoms with Gasteiger partial charge in [0.05, 0.1) is 6.54 Å². The number of thiazole rings is 1. The highest BCUT2D eigenvalue weighted by molar-refractivity contribution is 7.09. The maximum atomic E-state index is 12.2. The second kappa shape index (κ2) is 6.23. The van der Waals surface area contributed by atoms with E-state index in [0.717, 1.165) is 10.7 Å². The van der Waals surface area contributed by atoms with Crippen molar-refractivity contribution in [2.24, 2.45) is 0 Å². The summed E-state index contributed by atoms with van der Waals surface area (Å²) in [4.78, 5) is 18.2. The molecule has 1 aliphatic heterocycles. The van der Waals surface area contributed by atoms with E-state index in [9.17, 15) is 4.79 Å². The molecule has 3 rings (SSSR count).